The van der Waals surface area contributed by atoms with E-state index in [2.05, 4.69) is 20.2 Å². The van der Waals surface area contributed by atoms with Crippen molar-refractivity contribution >= 4 is 23.5 Å². The SMILES string of the molecule is COc1ccc(COc2nc(N3CC4C5C4C53)ncc2C(=O)NCc2ccccc2)cc1Cl. The van der Waals surface area contributed by atoms with Crippen molar-refractivity contribution < 1.29 is 14.3 Å². The van der Waals surface area contributed by atoms with Crippen molar-refractivity contribution in [1.82, 2.24) is 15.3 Å². The number of carbonyl (C=O) groups is 1. The Morgan fingerprint density at radius 2 is 2.00 bits per heavy atom. The molecule has 4 fully saturated rings. The van der Waals surface area contributed by atoms with Crippen molar-refractivity contribution in [3.63, 3.8) is 0 Å². The summed E-state index contributed by atoms with van der Waals surface area (Å²) in [6.45, 7) is 1.62. The van der Waals surface area contributed by atoms with Crippen LogP contribution < -0.4 is 19.7 Å². The number of nitrogens with zero attached hydrogens (tertiary/aromatic N) is 3. The maximum Gasteiger partial charge on any atom is 0.258 e. The Morgan fingerprint density at radius 3 is 2.70 bits per heavy atom. The smallest absolute Gasteiger partial charge is 0.258 e. The van der Waals surface area contributed by atoms with Crippen LogP contribution in [0, 0.1) is 17.8 Å². The third-order valence-electron chi connectivity index (χ3n) is 6.84. The number of rotatable bonds is 8. The fraction of sp³-hybridized carbons (Fsp3) is 0.320. The van der Waals surface area contributed by atoms with Gasteiger partial charge in [-0.3, -0.25) is 4.79 Å². The molecule has 2 aliphatic carbocycles. The molecular formula is C25H23ClN4O3. The fourth-order valence-corrected chi connectivity index (χ4v) is 5.22. The fourth-order valence-electron chi connectivity index (χ4n) is 4.94. The summed E-state index contributed by atoms with van der Waals surface area (Å²) in [5, 5.41) is 3.44. The Hall–Kier alpha value is -3.32. The van der Waals surface area contributed by atoms with E-state index in [9.17, 15) is 4.79 Å². The molecule has 2 aliphatic heterocycles. The number of anilines is 1. The molecule has 0 spiro atoms. The van der Waals surface area contributed by atoms with Gasteiger partial charge in [0.1, 0.15) is 17.9 Å². The summed E-state index contributed by atoms with van der Waals surface area (Å²) in [5.41, 5.74) is 2.18. The molecule has 2 unspecified atom stereocenters. The van der Waals surface area contributed by atoms with Crippen molar-refractivity contribution in [3.8, 4) is 11.6 Å². The van der Waals surface area contributed by atoms with Crippen LogP contribution in [0.15, 0.2) is 54.7 Å². The van der Waals surface area contributed by atoms with Gasteiger partial charge in [0.15, 0.2) is 0 Å². The largest absolute Gasteiger partial charge is 0.495 e. The molecule has 2 saturated heterocycles. The Balaban J connectivity index is 1.22. The molecule has 1 amide bonds. The summed E-state index contributed by atoms with van der Waals surface area (Å²) in [4.78, 5) is 24.4. The van der Waals surface area contributed by atoms with Crippen LogP contribution in [0.5, 0.6) is 11.6 Å². The first-order valence-electron chi connectivity index (χ1n) is 11.0. The summed E-state index contributed by atoms with van der Waals surface area (Å²) in [7, 11) is 1.57. The van der Waals surface area contributed by atoms with Gasteiger partial charge in [0.05, 0.1) is 12.1 Å². The number of fused-ring (bicyclic) bond motifs is 1. The third-order valence-corrected chi connectivity index (χ3v) is 7.13. The monoisotopic (exact) mass is 462 g/mol. The van der Waals surface area contributed by atoms with Gasteiger partial charge in [0, 0.05) is 25.3 Å². The van der Waals surface area contributed by atoms with Crippen LogP contribution in [0.3, 0.4) is 0 Å². The minimum absolute atomic E-state index is 0.219. The highest BCUT2D eigenvalue weighted by molar-refractivity contribution is 6.32. The van der Waals surface area contributed by atoms with Gasteiger partial charge in [-0.25, -0.2) is 4.98 Å². The Labute approximate surface area is 196 Å². The lowest BCUT2D eigenvalue weighted by Gasteiger charge is -2.18. The lowest BCUT2D eigenvalue weighted by atomic mass is 10.2. The van der Waals surface area contributed by atoms with Crippen LogP contribution in [-0.4, -0.2) is 35.6 Å². The van der Waals surface area contributed by atoms with E-state index in [0.717, 1.165) is 35.4 Å². The molecule has 33 heavy (non-hydrogen) atoms. The van der Waals surface area contributed by atoms with E-state index in [0.29, 0.717) is 34.9 Å². The Morgan fingerprint density at radius 1 is 1.18 bits per heavy atom. The topological polar surface area (TPSA) is 76.6 Å². The standard InChI is InChI=1S/C25H23ClN4O3/c1-32-19-8-7-15(9-18(19)26)13-33-24-16(23(31)27-10-14-5-3-2-4-6-14)11-28-25(29-24)30-12-17-20-21(17)22(20)30/h2-9,11,17,20-22H,10,12-13H2,1H3,(H,27,31). The molecule has 2 atom stereocenters. The molecule has 7 nitrogen and oxygen atoms in total. The summed E-state index contributed by atoms with van der Waals surface area (Å²) in [6, 6.07) is 15.8. The molecular weight excluding hydrogens is 440 g/mol. The van der Waals surface area contributed by atoms with Crippen LogP contribution in [0.1, 0.15) is 21.5 Å². The second-order valence-corrected chi connectivity index (χ2v) is 9.18. The minimum atomic E-state index is -0.274. The molecule has 1 N–H and O–H groups in total. The number of benzene rings is 2. The lowest BCUT2D eigenvalue weighted by molar-refractivity contribution is 0.0945. The van der Waals surface area contributed by atoms with E-state index in [1.165, 1.54) is 0 Å². The Kier molecular flexibility index (Phi) is 4.87. The van der Waals surface area contributed by atoms with Gasteiger partial charge in [0.2, 0.25) is 11.8 Å². The summed E-state index contributed by atoms with van der Waals surface area (Å²) < 4.78 is 11.3. The highest BCUT2D eigenvalue weighted by Gasteiger charge is 2.81. The lowest BCUT2D eigenvalue weighted by Crippen LogP contribution is -2.26. The molecule has 168 valence electrons. The molecule has 2 saturated carbocycles. The zero-order chi connectivity index (χ0) is 22.5. The van der Waals surface area contributed by atoms with Gasteiger partial charge >= 0.3 is 0 Å². The number of nitrogens with one attached hydrogen (secondary N) is 1. The Bertz CT molecular complexity index is 1200. The van der Waals surface area contributed by atoms with Crippen molar-refractivity contribution in [2.24, 2.45) is 17.8 Å². The number of ether oxygens (including phenoxy) is 2. The number of carbonyl (C=O) groups excluding carboxylic acids is 1. The third kappa shape index (κ3) is 3.66. The van der Waals surface area contributed by atoms with Crippen molar-refractivity contribution in [1.29, 1.82) is 0 Å². The number of methoxy groups -OCH3 is 1. The van der Waals surface area contributed by atoms with Crippen molar-refractivity contribution in [3.05, 3.63) is 76.4 Å². The van der Waals surface area contributed by atoms with Gasteiger partial charge in [-0.05, 0) is 41.0 Å². The van der Waals surface area contributed by atoms with Crippen molar-refractivity contribution in [2.45, 2.75) is 19.2 Å². The van der Waals surface area contributed by atoms with Crippen molar-refractivity contribution in [2.75, 3.05) is 18.6 Å². The van der Waals surface area contributed by atoms with Crippen LogP contribution in [0.4, 0.5) is 5.95 Å². The average molecular weight is 463 g/mol. The molecule has 2 bridgehead atoms. The molecule has 7 rings (SSSR count). The number of amides is 1. The quantitative estimate of drug-likeness (QED) is 0.550. The van der Waals surface area contributed by atoms with Gasteiger partial charge in [-0.15, -0.1) is 0 Å². The molecule has 3 heterocycles. The summed E-state index contributed by atoms with van der Waals surface area (Å²) in [5.74, 6) is 3.69. The first-order chi connectivity index (χ1) is 16.1. The zero-order valence-corrected chi connectivity index (χ0v) is 18.8. The number of aromatic nitrogens is 2. The predicted octanol–water partition coefficient (Wildman–Crippen LogP) is 3.71. The number of piperidine rings is 1. The van der Waals surface area contributed by atoms with Gasteiger partial charge in [-0.2, -0.15) is 4.98 Å². The number of halogens is 1. The van der Waals surface area contributed by atoms with Gasteiger partial charge in [0.25, 0.3) is 5.91 Å². The number of hydrogen-bond acceptors (Lipinski definition) is 6. The zero-order valence-electron chi connectivity index (χ0n) is 18.1. The second-order valence-electron chi connectivity index (χ2n) is 8.78. The van der Waals surface area contributed by atoms with E-state index >= 15 is 0 Å². The maximum atomic E-state index is 13.0. The van der Waals surface area contributed by atoms with Crippen LogP contribution in [0.2, 0.25) is 5.02 Å². The molecule has 8 heteroatoms. The van der Waals surface area contributed by atoms with E-state index in [-0.39, 0.29) is 18.4 Å². The van der Waals surface area contributed by atoms with Crippen LogP contribution >= 0.6 is 11.6 Å². The highest BCUT2D eigenvalue weighted by Crippen LogP contribution is 2.75. The van der Waals surface area contributed by atoms with Crippen LogP contribution in [-0.2, 0) is 13.2 Å². The van der Waals surface area contributed by atoms with E-state index < -0.39 is 0 Å². The molecule has 4 aliphatic rings. The molecule has 2 aromatic carbocycles. The van der Waals surface area contributed by atoms with E-state index in [1.807, 2.05) is 36.4 Å². The average Bonchev–Trinajstić information content (AvgIpc) is 3.66. The summed E-state index contributed by atoms with van der Waals surface area (Å²) >= 11 is 6.25. The molecule has 1 aromatic heterocycles. The van der Waals surface area contributed by atoms with Crippen LogP contribution in [0.25, 0.3) is 0 Å². The molecule has 3 aromatic rings. The predicted molar refractivity (Wildman–Crippen MR) is 124 cm³/mol. The first kappa shape index (κ1) is 20.3. The van der Waals surface area contributed by atoms with Gasteiger partial charge < -0.3 is 19.7 Å². The number of hydrogen-bond donors (Lipinski definition) is 1. The molecule has 0 radical (unpaired) electrons. The highest BCUT2D eigenvalue weighted by atomic mass is 35.5. The van der Waals surface area contributed by atoms with Gasteiger partial charge in [-0.1, -0.05) is 48.0 Å². The summed E-state index contributed by atoms with van der Waals surface area (Å²) in [6.07, 6.45) is 1.57. The van der Waals surface area contributed by atoms with E-state index in [4.69, 9.17) is 21.1 Å². The minimum Gasteiger partial charge on any atom is -0.495 e. The second kappa shape index (κ2) is 7.92. The maximum absolute atomic E-state index is 13.0. The van der Waals surface area contributed by atoms with E-state index in [1.54, 1.807) is 25.4 Å². The first-order valence-corrected chi connectivity index (χ1v) is 11.4. The normalized spacial score (nSPS) is 23.6.